The molecule has 0 saturated heterocycles. The van der Waals surface area contributed by atoms with Gasteiger partial charge in [0.2, 0.25) is 10.0 Å². The lowest BCUT2D eigenvalue weighted by molar-refractivity contribution is 0.102. The number of rotatable bonds is 6. The van der Waals surface area contributed by atoms with E-state index in [1.807, 2.05) is 0 Å². The van der Waals surface area contributed by atoms with Gasteiger partial charge in [-0.15, -0.1) is 0 Å². The number of H-pyrrole nitrogens is 1. The smallest absolute Gasteiger partial charge is 0.272 e. The van der Waals surface area contributed by atoms with Crippen LogP contribution in [-0.2, 0) is 10.0 Å². The third-order valence-corrected chi connectivity index (χ3v) is 5.38. The van der Waals surface area contributed by atoms with Gasteiger partial charge < -0.3 is 15.0 Å². The average molecular weight is 453 g/mol. The summed E-state index contributed by atoms with van der Waals surface area (Å²) in [5.74, 6) is -0.391. The van der Waals surface area contributed by atoms with Gasteiger partial charge in [0.1, 0.15) is 17.3 Å². The van der Waals surface area contributed by atoms with Gasteiger partial charge in [-0.3, -0.25) is 9.52 Å². The number of carbonyl (C=O) groups excluding carboxylic acids is 1. The topological polar surface area (TPSA) is 100 Å². The van der Waals surface area contributed by atoms with Gasteiger partial charge in [0.05, 0.1) is 19.1 Å². The summed E-state index contributed by atoms with van der Waals surface area (Å²) in [5, 5.41) is 3.55. The first-order chi connectivity index (χ1) is 15.2. The Labute approximate surface area is 184 Å². The number of aromatic nitrogens is 1. The first kappa shape index (κ1) is 21.4. The number of sulfonamides is 1. The van der Waals surface area contributed by atoms with Crippen LogP contribution in [0.3, 0.4) is 0 Å². The predicted octanol–water partition coefficient (Wildman–Crippen LogP) is 4.61. The molecule has 4 rings (SSSR count). The second kappa shape index (κ2) is 8.35. The number of aromatic amines is 1. The molecule has 1 heterocycles. The number of ether oxygens (including phenoxy) is 1. The average Bonchev–Trinajstić information content (AvgIpc) is 3.16. The fourth-order valence-corrected chi connectivity index (χ4v) is 3.90. The summed E-state index contributed by atoms with van der Waals surface area (Å²) in [6.07, 6.45) is 1.07. The minimum atomic E-state index is -3.41. The number of carbonyl (C=O) groups is 1. The minimum Gasteiger partial charge on any atom is -0.497 e. The van der Waals surface area contributed by atoms with Crippen LogP contribution >= 0.6 is 0 Å². The van der Waals surface area contributed by atoms with E-state index in [4.69, 9.17) is 4.74 Å². The van der Waals surface area contributed by atoms with Crippen LogP contribution < -0.4 is 14.8 Å². The van der Waals surface area contributed by atoms with Gasteiger partial charge in [0.15, 0.2) is 0 Å². The Kier molecular flexibility index (Phi) is 5.58. The molecule has 0 saturated carbocycles. The Hall–Kier alpha value is -3.85. The molecule has 0 aliphatic rings. The van der Waals surface area contributed by atoms with Crippen molar-refractivity contribution in [2.75, 3.05) is 23.4 Å². The van der Waals surface area contributed by atoms with Gasteiger partial charge in [-0.2, -0.15) is 0 Å². The van der Waals surface area contributed by atoms with Crippen molar-refractivity contribution in [2.24, 2.45) is 0 Å². The lowest BCUT2D eigenvalue weighted by atomic mass is 10.0. The van der Waals surface area contributed by atoms with E-state index in [0.717, 1.165) is 11.6 Å². The van der Waals surface area contributed by atoms with Crippen molar-refractivity contribution in [3.63, 3.8) is 0 Å². The number of anilines is 2. The van der Waals surface area contributed by atoms with Crippen molar-refractivity contribution < 1.29 is 22.3 Å². The molecule has 0 aliphatic carbocycles. The second-order valence-electron chi connectivity index (χ2n) is 7.24. The third kappa shape index (κ3) is 4.73. The van der Waals surface area contributed by atoms with Crippen molar-refractivity contribution in [1.82, 2.24) is 4.98 Å². The van der Waals surface area contributed by atoms with Crippen LogP contribution in [0.5, 0.6) is 5.75 Å². The van der Waals surface area contributed by atoms with Gasteiger partial charge in [-0.1, -0.05) is 18.2 Å². The molecule has 0 atom stereocenters. The summed E-state index contributed by atoms with van der Waals surface area (Å²) in [6, 6.07) is 18.1. The van der Waals surface area contributed by atoms with E-state index in [2.05, 4.69) is 15.0 Å². The molecule has 0 bridgehead atoms. The Morgan fingerprint density at radius 2 is 1.81 bits per heavy atom. The fourth-order valence-electron chi connectivity index (χ4n) is 3.35. The van der Waals surface area contributed by atoms with E-state index < -0.39 is 15.8 Å². The molecular formula is C23H20FN3O4S. The van der Waals surface area contributed by atoms with Crippen LogP contribution in [-0.4, -0.2) is 32.7 Å². The molecule has 0 unspecified atom stereocenters. The molecule has 3 aromatic carbocycles. The SMILES string of the molecule is COc1ccc(-c2cccc(NC(=O)c3cc4ccc(NS(C)(=O)=O)cc4[nH]3)c2)c(F)c1. The Morgan fingerprint density at radius 3 is 2.53 bits per heavy atom. The summed E-state index contributed by atoms with van der Waals surface area (Å²) < 4.78 is 44.7. The number of halogens is 1. The van der Waals surface area contributed by atoms with Crippen LogP contribution in [0.2, 0.25) is 0 Å². The van der Waals surface area contributed by atoms with E-state index in [1.54, 1.807) is 60.7 Å². The molecule has 3 N–H and O–H groups in total. The largest absolute Gasteiger partial charge is 0.497 e. The van der Waals surface area contributed by atoms with Crippen molar-refractivity contribution in [3.05, 3.63) is 78.2 Å². The molecule has 164 valence electrons. The zero-order valence-corrected chi connectivity index (χ0v) is 18.1. The molecule has 0 fully saturated rings. The van der Waals surface area contributed by atoms with Gasteiger partial charge >= 0.3 is 0 Å². The number of methoxy groups -OCH3 is 1. The summed E-state index contributed by atoms with van der Waals surface area (Å²) in [6.45, 7) is 0. The number of benzene rings is 3. The molecule has 9 heteroatoms. The first-order valence-electron chi connectivity index (χ1n) is 9.58. The molecule has 4 aromatic rings. The van der Waals surface area contributed by atoms with E-state index >= 15 is 0 Å². The number of nitrogens with one attached hydrogen (secondary N) is 3. The van der Waals surface area contributed by atoms with Crippen LogP contribution in [0.25, 0.3) is 22.0 Å². The maximum absolute atomic E-state index is 14.4. The summed E-state index contributed by atoms with van der Waals surface area (Å²) >= 11 is 0. The number of hydrogen-bond acceptors (Lipinski definition) is 4. The highest BCUT2D eigenvalue weighted by atomic mass is 32.2. The maximum Gasteiger partial charge on any atom is 0.272 e. The summed E-state index contributed by atoms with van der Waals surface area (Å²) in [4.78, 5) is 15.7. The van der Waals surface area contributed by atoms with E-state index in [-0.39, 0.29) is 5.91 Å². The van der Waals surface area contributed by atoms with Gasteiger partial charge in [0.25, 0.3) is 5.91 Å². The molecule has 32 heavy (non-hydrogen) atoms. The van der Waals surface area contributed by atoms with E-state index in [1.165, 1.54) is 13.2 Å². The predicted molar refractivity (Wildman–Crippen MR) is 123 cm³/mol. The van der Waals surface area contributed by atoms with Gasteiger partial charge in [-0.05, 0) is 48.0 Å². The number of amides is 1. The molecule has 1 aromatic heterocycles. The number of hydrogen-bond donors (Lipinski definition) is 3. The third-order valence-electron chi connectivity index (χ3n) is 4.78. The second-order valence-corrected chi connectivity index (χ2v) is 8.99. The van der Waals surface area contributed by atoms with Crippen molar-refractivity contribution in [2.45, 2.75) is 0 Å². The van der Waals surface area contributed by atoms with Crippen molar-refractivity contribution in [1.29, 1.82) is 0 Å². The van der Waals surface area contributed by atoms with Crippen LogP contribution in [0.1, 0.15) is 10.5 Å². The van der Waals surface area contributed by atoms with E-state index in [0.29, 0.717) is 39.5 Å². The normalized spacial score (nSPS) is 11.3. The lowest BCUT2D eigenvalue weighted by Gasteiger charge is -2.09. The molecule has 1 amide bonds. The molecule has 0 radical (unpaired) electrons. The monoisotopic (exact) mass is 453 g/mol. The Bertz CT molecular complexity index is 1430. The zero-order chi connectivity index (χ0) is 22.9. The molecule has 7 nitrogen and oxygen atoms in total. The molecule has 0 aliphatic heterocycles. The minimum absolute atomic E-state index is 0.303. The Balaban J connectivity index is 1.56. The quantitative estimate of drug-likeness (QED) is 0.397. The van der Waals surface area contributed by atoms with Crippen LogP contribution in [0, 0.1) is 5.82 Å². The number of fused-ring (bicyclic) bond motifs is 1. The highest BCUT2D eigenvalue weighted by Crippen LogP contribution is 2.28. The fraction of sp³-hybridized carbons (Fsp3) is 0.0870. The van der Waals surface area contributed by atoms with Crippen molar-refractivity contribution >= 4 is 38.2 Å². The molecular weight excluding hydrogens is 433 g/mol. The van der Waals surface area contributed by atoms with Crippen LogP contribution in [0.15, 0.2) is 66.7 Å². The van der Waals surface area contributed by atoms with Crippen molar-refractivity contribution in [3.8, 4) is 16.9 Å². The standard InChI is InChI=1S/C23H20FN3O4S/c1-31-18-8-9-19(20(24)13-18)14-4-3-5-16(10-14)25-23(28)22-11-15-6-7-17(12-21(15)26-22)27-32(2,29)30/h3-13,26-27H,1-2H3,(H,25,28). The van der Waals surface area contributed by atoms with Crippen LogP contribution in [0.4, 0.5) is 15.8 Å². The lowest BCUT2D eigenvalue weighted by Crippen LogP contribution is -2.12. The zero-order valence-electron chi connectivity index (χ0n) is 17.3. The summed E-state index contributed by atoms with van der Waals surface area (Å²) in [7, 11) is -1.94. The van der Waals surface area contributed by atoms with Gasteiger partial charge in [-0.25, -0.2) is 12.8 Å². The molecule has 0 spiro atoms. The first-order valence-corrected chi connectivity index (χ1v) is 11.5. The highest BCUT2D eigenvalue weighted by molar-refractivity contribution is 7.92. The summed E-state index contributed by atoms with van der Waals surface area (Å²) in [5.41, 5.74) is 2.80. The Morgan fingerprint density at radius 1 is 1.00 bits per heavy atom. The van der Waals surface area contributed by atoms with E-state index in [9.17, 15) is 17.6 Å². The maximum atomic E-state index is 14.4. The van der Waals surface area contributed by atoms with Gasteiger partial charge in [0, 0.05) is 28.2 Å². The highest BCUT2D eigenvalue weighted by Gasteiger charge is 2.13.